The lowest BCUT2D eigenvalue weighted by Crippen LogP contribution is -2.18. The fourth-order valence-corrected chi connectivity index (χ4v) is 1.23. The Morgan fingerprint density at radius 3 is 2.60 bits per heavy atom. The van der Waals surface area contributed by atoms with Crippen molar-refractivity contribution in [1.82, 2.24) is 4.98 Å². The van der Waals surface area contributed by atoms with E-state index in [9.17, 15) is 18.4 Å². The highest BCUT2D eigenvalue weighted by molar-refractivity contribution is 6.17. The Morgan fingerprint density at radius 2 is 2.20 bits per heavy atom. The average Bonchev–Trinajstić information content (AvgIpc) is 2.16. The zero-order valence-corrected chi connectivity index (χ0v) is 8.02. The molecule has 1 aromatic heterocycles. The number of aromatic amines is 1. The topological polar surface area (TPSA) is 70.2 Å². The number of carboxylic acids is 1. The number of rotatable bonds is 3. The van der Waals surface area contributed by atoms with Crippen molar-refractivity contribution < 1.29 is 18.7 Å². The summed E-state index contributed by atoms with van der Waals surface area (Å²) in [5, 5.41) is 8.63. The minimum atomic E-state index is -3.05. The van der Waals surface area contributed by atoms with Crippen molar-refractivity contribution >= 4 is 17.6 Å². The SMILES string of the molecule is O=C(O)c1cc(CCl)c(=O)[nH]c1C(F)F. The number of halogens is 3. The predicted octanol–water partition coefficient (Wildman–Crippen LogP) is 1.75. The van der Waals surface area contributed by atoms with Gasteiger partial charge in [-0.3, -0.25) is 4.79 Å². The molecule has 0 aliphatic rings. The van der Waals surface area contributed by atoms with E-state index < -0.39 is 29.2 Å². The number of hydrogen-bond acceptors (Lipinski definition) is 2. The maximum atomic E-state index is 12.3. The van der Waals surface area contributed by atoms with E-state index in [1.807, 2.05) is 0 Å². The van der Waals surface area contributed by atoms with Gasteiger partial charge in [0.15, 0.2) is 0 Å². The number of aromatic nitrogens is 1. The van der Waals surface area contributed by atoms with Crippen LogP contribution in [-0.4, -0.2) is 16.1 Å². The summed E-state index contributed by atoms with van der Waals surface area (Å²) in [4.78, 5) is 23.5. The van der Waals surface area contributed by atoms with Crippen molar-refractivity contribution in [1.29, 1.82) is 0 Å². The van der Waals surface area contributed by atoms with E-state index in [4.69, 9.17) is 16.7 Å². The summed E-state index contributed by atoms with van der Waals surface area (Å²) in [6, 6.07) is 0.857. The van der Waals surface area contributed by atoms with Crippen LogP contribution in [0.1, 0.15) is 28.0 Å². The van der Waals surface area contributed by atoms with Gasteiger partial charge >= 0.3 is 5.97 Å². The lowest BCUT2D eigenvalue weighted by Gasteiger charge is -2.05. The third-order valence-corrected chi connectivity index (χ3v) is 2.03. The van der Waals surface area contributed by atoms with E-state index >= 15 is 0 Å². The first-order valence-corrected chi connectivity index (χ1v) is 4.34. The summed E-state index contributed by atoms with van der Waals surface area (Å²) in [5.74, 6) is -1.77. The Labute approximate surface area is 87.5 Å². The van der Waals surface area contributed by atoms with E-state index in [0.29, 0.717) is 0 Å². The largest absolute Gasteiger partial charge is 0.478 e. The maximum Gasteiger partial charge on any atom is 0.337 e. The van der Waals surface area contributed by atoms with E-state index in [1.165, 1.54) is 0 Å². The number of carboxylic acid groups (broad SMARTS) is 1. The second-order valence-electron chi connectivity index (χ2n) is 2.69. The van der Waals surface area contributed by atoms with Crippen LogP contribution in [0.3, 0.4) is 0 Å². The minimum absolute atomic E-state index is 0.0570. The minimum Gasteiger partial charge on any atom is -0.478 e. The number of alkyl halides is 3. The zero-order valence-electron chi connectivity index (χ0n) is 7.26. The van der Waals surface area contributed by atoms with Crippen LogP contribution in [0.2, 0.25) is 0 Å². The van der Waals surface area contributed by atoms with Crippen LogP contribution in [0, 0.1) is 0 Å². The lowest BCUT2D eigenvalue weighted by molar-refractivity contribution is 0.0682. The van der Waals surface area contributed by atoms with E-state index in [2.05, 4.69) is 0 Å². The van der Waals surface area contributed by atoms with Crippen LogP contribution < -0.4 is 5.56 Å². The van der Waals surface area contributed by atoms with Crippen LogP contribution in [0.4, 0.5) is 8.78 Å². The molecule has 0 saturated carbocycles. The lowest BCUT2D eigenvalue weighted by atomic mass is 10.1. The van der Waals surface area contributed by atoms with Crippen molar-refractivity contribution in [2.75, 3.05) is 0 Å². The Bertz CT molecular complexity index is 444. The third-order valence-electron chi connectivity index (χ3n) is 1.74. The Hall–Kier alpha value is -1.43. The van der Waals surface area contributed by atoms with Crippen LogP contribution >= 0.6 is 11.6 Å². The van der Waals surface area contributed by atoms with Crippen LogP contribution in [0.25, 0.3) is 0 Å². The van der Waals surface area contributed by atoms with Gasteiger partial charge < -0.3 is 10.1 Å². The molecule has 0 radical (unpaired) electrons. The van der Waals surface area contributed by atoms with E-state index in [1.54, 1.807) is 4.98 Å². The standard InChI is InChI=1S/C8H6ClF2NO3/c9-2-3-1-4(8(14)15)5(6(10)11)12-7(3)13/h1,6H,2H2,(H,12,13)(H,14,15). The maximum absolute atomic E-state index is 12.3. The molecule has 7 heteroatoms. The summed E-state index contributed by atoms with van der Waals surface area (Å²) < 4.78 is 24.7. The van der Waals surface area contributed by atoms with Crippen molar-refractivity contribution in [2.24, 2.45) is 0 Å². The molecule has 0 aliphatic heterocycles. The van der Waals surface area contributed by atoms with Gasteiger partial charge in [-0.15, -0.1) is 11.6 Å². The molecule has 0 amide bonds. The molecular weight excluding hydrogens is 232 g/mol. The highest BCUT2D eigenvalue weighted by Gasteiger charge is 2.20. The fraction of sp³-hybridized carbons (Fsp3) is 0.250. The average molecular weight is 238 g/mol. The molecule has 4 nitrogen and oxygen atoms in total. The fourth-order valence-electron chi connectivity index (χ4n) is 1.04. The third kappa shape index (κ3) is 2.33. The molecule has 82 valence electrons. The van der Waals surface area contributed by atoms with Crippen molar-refractivity contribution in [3.05, 3.63) is 33.2 Å². The number of aromatic carboxylic acids is 1. The number of carbonyl (C=O) groups is 1. The van der Waals surface area contributed by atoms with Gasteiger partial charge in [0.2, 0.25) is 0 Å². The number of nitrogens with one attached hydrogen (secondary N) is 1. The molecule has 1 heterocycles. The number of hydrogen-bond donors (Lipinski definition) is 2. The van der Waals surface area contributed by atoms with Gasteiger partial charge in [-0.2, -0.15) is 0 Å². The van der Waals surface area contributed by atoms with Crippen LogP contribution in [0.5, 0.6) is 0 Å². The molecule has 0 spiro atoms. The number of pyridine rings is 1. The van der Waals surface area contributed by atoms with Crippen molar-refractivity contribution in [3.8, 4) is 0 Å². The van der Waals surface area contributed by atoms with Crippen LogP contribution in [0.15, 0.2) is 10.9 Å². The normalized spacial score (nSPS) is 10.7. The highest BCUT2D eigenvalue weighted by atomic mass is 35.5. The van der Waals surface area contributed by atoms with Gasteiger partial charge in [0.05, 0.1) is 17.1 Å². The first kappa shape index (κ1) is 11.6. The van der Waals surface area contributed by atoms with Crippen molar-refractivity contribution in [2.45, 2.75) is 12.3 Å². The zero-order chi connectivity index (χ0) is 11.6. The molecule has 15 heavy (non-hydrogen) atoms. The summed E-state index contributed by atoms with van der Waals surface area (Å²) in [6.45, 7) is 0. The molecule has 0 atom stereocenters. The van der Waals surface area contributed by atoms with E-state index in [0.717, 1.165) is 6.07 Å². The van der Waals surface area contributed by atoms with Crippen LogP contribution in [-0.2, 0) is 5.88 Å². The molecule has 0 aliphatic carbocycles. The van der Waals surface area contributed by atoms with Gasteiger partial charge in [-0.1, -0.05) is 0 Å². The van der Waals surface area contributed by atoms with E-state index in [-0.39, 0.29) is 11.4 Å². The molecule has 2 N–H and O–H groups in total. The molecular formula is C8H6ClF2NO3. The number of H-pyrrole nitrogens is 1. The van der Waals surface area contributed by atoms with Crippen molar-refractivity contribution in [3.63, 3.8) is 0 Å². The second kappa shape index (κ2) is 4.39. The smallest absolute Gasteiger partial charge is 0.337 e. The van der Waals surface area contributed by atoms with Gasteiger partial charge in [-0.05, 0) is 6.07 Å². The van der Waals surface area contributed by atoms with Gasteiger partial charge in [-0.25, -0.2) is 13.6 Å². The molecule has 0 aromatic carbocycles. The molecule has 1 rings (SSSR count). The Kier molecular flexibility index (Phi) is 3.41. The Morgan fingerprint density at radius 1 is 1.60 bits per heavy atom. The molecule has 0 fully saturated rings. The first-order valence-electron chi connectivity index (χ1n) is 3.81. The molecule has 0 unspecified atom stereocenters. The molecule has 0 bridgehead atoms. The highest BCUT2D eigenvalue weighted by Crippen LogP contribution is 2.20. The summed E-state index contributed by atoms with van der Waals surface area (Å²) >= 11 is 5.34. The monoisotopic (exact) mass is 237 g/mol. The predicted molar refractivity (Wildman–Crippen MR) is 48.5 cm³/mol. The first-order chi connectivity index (χ1) is 6.97. The second-order valence-corrected chi connectivity index (χ2v) is 2.96. The summed E-state index contributed by atoms with van der Waals surface area (Å²) in [7, 11) is 0. The summed E-state index contributed by atoms with van der Waals surface area (Å²) in [5.41, 5.74) is -2.40. The Balaban J connectivity index is 3.46. The van der Waals surface area contributed by atoms with Gasteiger partial charge in [0, 0.05) is 5.56 Å². The van der Waals surface area contributed by atoms with Gasteiger partial charge in [0.1, 0.15) is 0 Å². The quantitative estimate of drug-likeness (QED) is 0.787. The summed E-state index contributed by atoms with van der Waals surface area (Å²) in [6.07, 6.45) is -3.05. The molecule has 1 aromatic rings. The van der Waals surface area contributed by atoms with Gasteiger partial charge in [0.25, 0.3) is 12.0 Å². The molecule has 0 saturated heterocycles.